The predicted octanol–water partition coefficient (Wildman–Crippen LogP) is 3.98. The third kappa shape index (κ3) is 4.47. The number of nitrogens with zero attached hydrogens (tertiary/aromatic N) is 1. The van der Waals surface area contributed by atoms with Gasteiger partial charge in [-0.15, -0.1) is 0 Å². The molecule has 26 heavy (non-hydrogen) atoms. The molecule has 0 radical (unpaired) electrons. The summed E-state index contributed by atoms with van der Waals surface area (Å²) in [5.74, 6) is -1.66. The zero-order chi connectivity index (χ0) is 18.7. The Balaban J connectivity index is 1.51. The first-order valence-electron chi connectivity index (χ1n) is 8.97. The Labute approximate surface area is 153 Å². The molecule has 1 aliphatic rings. The number of carbonyl (C=O) groups excluding carboxylic acids is 1. The SMILES string of the molecule is Cc1ccc(C(=O)NC2CCN(Cc3ccc(F)c(F)c3)CC2)cc1C. The summed E-state index contributed by atoms with van der Waals surface area (Å²) in [6.45, 7) is 6.26. The number of amides is 1. The van der Waals surface area contributed by atoms with Crippen molar-refractivity contribution in [3.63, 3.8) is 0 Å². The fourth-order valence-corrected chi connectivity index (χ4v) is 3.28. The van der Waals surface area contributed by atoms with Crippen molar-refractivity contribution in [2.45, 2.75) is 39.3 Å². The lowest BCUT2D eigenvalue weighted by atomic mass is 10.0. The molecule has 5 heteroatoms. The minimum absolute atomic E-state index is 0.0350. The molecule has 2 aromatic rings. The number of hydrogen-bond donors (Lipinski definition) is 1. The highest BCUT2D eigenvalue weighted by Gasteiger charge is 2.21. The van der Waals surface area contributed by atoms with Crippen LogP contribution in [-0.2, 0) is 6.54 Å². The molecule has 0 saturated carbocycles. The number of benzene rings is 2. The predicted molar refractivity (Wildman–Crippen MR) is 98.0 cm³/mol. The van der Waals surface area contributed by atoms with E-state index in [1.807, 2.05) is 32.0 Å². The Hall–Kier alpha value is -2.27. The van der Waals surface area contributed by atoms with Crippen LogP contribution in [0.25, 0.3) is 0 Å². The average molecular weight is 358 g/mol. The van der Waals surface area contributed by atoms with Crippen molar-refractivity contribution >= 4 is 5.91 Å². The maximum Gasteiger partial charge on any atom is 0.251 e. The quantitative estimate of drug-likeness (QED) is 0.897. The van der Waals surface area contributed by atoms with Crippen molar-refractivity contribution in [3.05, 3.63) is 70.3 Å². The molecule has 1 saturated heterocycles. The third-order valence-electron chi connectivity index (χ3n) is 5.08. The van der Waals surface area contributed by atoms with E-state index < -0.39 is 11.6 Å². The molecule has 2 aromatic carbocycles. The first kappa shape index (κ1) is 18.5. The van der Waals surface area contributed by atoms with Crippen molar-refractivity contribution < 1.29 is 13.6 Å². The van der Waals surface area contributed by atoms with Gasteiger partial charge in [-0.25, -0.2) is 8.78 Å². The highest BCUT2D eigenvalue weighted by atomic mass is 19.2. The largest absolute Gasteiger partial charge is 0.349 e. The zero-order valence-electron chi connectivity index (χ0n) is 15.2. The van der Waals surface area contributed by atoms with Crippen molar-refractivity contribution in [2.24, 2.45) is 0 Å². The molecule has 3 nitrogen and oxygen atoms in total. The van der Waals surface area contributed by atoms with Gasteiger partial charge < -0.3 is 5.32 Å². The van der Waals surface area contributed by atoms with Crippen LogP contribution in [0.2, 0.25) is 0 Å². The van der Waals surface area contributed by atoms with Gasteiger partial charge >= 0.3 is 0 Å². The number of halogens is 2. The van der Waals surface area contributed by atoms with E-state index in [1.165, 1.54) is 17.7 Å². The lowest BCUT2D eigenvalue weighted by Gasteiger charge is -2.32. The first-order valence-corrected chi connectivity index (χ1v) is 8.97. The Morgan fingerprint density at radius 1 is 1.04 bits per heavy atom. The number of piperidine rings is 1. The van der Waals surface area contributed by atoms with Crippen molar-refractivity contribution in [1.82, 2.24) is 10.2 Å². The van der Waals surface area contributed by atoms with Gasteiger partial charge in [-0.1, -0.05) is 12.1 Å². The van der Waals surface area contributed by atoms with E-state index in [9.17, 15) is 13.6 Å². The van der Waals surface area contributed by atoms with Gasteiger partial charge in [0.2, 0.25) is 0 Å². The summed E-state index contributed by atoms with van der Waals surface area (Å²) in [6, 6.07) is 9.93. The minimum Gasteiger partial charge on any atom is -0.349 e. The Morgan fingerprint density at radius 3 is 2.42 bits per heavy atom. The van der Waals surface area contributed by atoms with Crippen LogP contribution in [0.1, 0.15) is 39.9 Å². The van der Waals surface area contributed by atoms with Crippen molar-refractivity contribution in [3.8, 4) is 0 Å². The summed E-state index contributed by atoms with van der Waals surface area (Å²) >= 11 is 0. The summed E-state index contributed by atoms with van der Waals surface area (Å²) in [4.78, 5) is 14.6. The van der Waals surface area contributed by atoms with Crippen LogP contribution in [0.3, 0.4) is 0 Å². The van der Waals surface area contributed by atoms with Gasteiger partial charge in [-0.2, -0.15) is 0 Å². The monoisotopic (exact) mass is 358 g/mol. The number of carbonyl (C=O) groups is 1. The second kappa shape index (κ2) is 7.96. The molecule has 3 rings (SSSR count). The molecular weight excluding hydrogens is 334 g/mol. The molecule has 0 bridgehead atoms. The molecule has 138 valence electrons. The van der Waals surface area contributed by atoms with Gasteiger partial charge in [0, 0.05) is 31.2 Å². The number of rotatable bonds is 4. The lowest BCUT2D eigenvalue weighted by molar-refractivity contribution is 0.0909. The van der Waals surface area contributed by atoms with E-state index in [0.29, 0.717) is 12.1 Å². The molecule has 1 fully saturated rings. The normalized spacial score (nSPS) is 15.8. The fourth-order valence-electron chi connectivity index (χ4n) is 3.28. The lowest BCUT2D eigenvalue weighted by Crippen LogP contribution is -2.44. The molecule has 1 heterocycles. The Kier molecular flexibility index (Phi) is 5.67. The second-order valence-corrected chi connectivity index (χ2v) is 7.07. The smallest absolute Gasteiger partial charge is 0.251 e. The Bertz CT molecular complexity index is 799. The summed E-state index contributed by atoms with van der Waals surface area (Å²) in [6.07, 6.45) is 1.69. The summed E-state index contributed by atoms with van der Waals surface area (Å²) in [5.41, 5.74) is 3.74. The standard InChI is InChI=1S/C21H24F2N2O/c1-14-3-5-17(11-15(14)2)21(26)24-18-7-9-25(10-8-18)13-16-4-6-19(22)20(23)12-16/h3-6,11-12,18H,7-10,13H2,1-2H3,(H,24,26). The van der Waals surface area contributed by atoms with Gasteiger partial charge in [0.05, 0.1) is 0 Å². The molecule has 1 N–H and O–H groups in total. The van der Waals surface area contributed by atoms with E-state index >= 15 is 0 Å². The van der Waals surface area contributed by atoms with Gasteiger partial charge in [-0.05, 0) is 67.6 Å². The number of nitrogens with one attached hydrogen (secondary N) is 1. The van der Waals surface area contributed by atoms with Crippen LogP contribution < -0.4 is 5.32 Å². The van der Waals surface area contributed by atoms with Gasteiger partial charge in [-0.3, -0.25) is 9.69 Å². The van der Waals surface area contributed by atoms with E-state index in [0.717, 1.165) is 37.1 Å². The van der Waals surface area contributed by atoms with E-state index in [4.69, 9.17) is 0 Å². The highest BCUT2D eigenvalue weighted by molar-refractivity contribution is 5.94. The molecular formula is C21H24F2N2O. The van der Waals surface area contributed by atoms with Crippen LogP contribution >= 0.6 is 0 Å². The molecule has 1 amide bonds. The van der Waals surface area contributed by atoms with Crippen LogP contribution in [0.15, 0.2) is 36.4 Å². The number of hydrogen-bond acceptors (Lipinski definition) is 2. The van der Waals surface area contributed by atoms with Gasteiger partial charge in [0.15, 0.2) is 11.6 Å². The Morgan fingerprint density at radius 2 is 1.77 bits per heavy atom. The molecule has 1 aliphatic heterocycles. The highest BCUT2D eigenvalue weighted by Crippen LogP contribution is 2.17. The van der Waals surface area contributed by atoms with Crippen LogP contribution in [0.4, 0.5) is 8.78 Å². The molecule has 0 aromatic heterocycles. The van der Waals surface area contributed by atoms with Gasteiger partial charge in [0.1, 0.15) is 0 Å². The number of aryl methyl sites for hydroxylation is 2. The van der Waals surface area contributed by atoms with Crippen molar-refractivity contribution in [2.75, 3.05) is 13.1 Å². The molecule has 0 aliphatic carbocycles. The van der Waals surface area contributed by atoms with Gasteiger partial charge in [0.25, 0.3) is 5.91 Å². The summed E-state index contributed by atoms with van der Waals surface area (Å²) in [7, 11) is 0. The fraction of sp³-hybridized carbons (Fsp3) is 0.381. The topological polar surface area (TPSA) is 32.3 Å². The molecule has 0 spiro atoms. The summed E-state index contributed by atoms with van der Waals surface area (Å²) in [5, 5.41) is 3.11. The zero-order valence-corrected chi connectivity index (χ0v) is 15.2. The number of likely N-dealkylation sites (tertiary alicyclic amines) is 1. The first-order chi connectivity index (χ1) is 12.4. The van der Waals surface area contributed by atoms with Crippen LogP contribution in [0.5, 0.6) is 0 Å². The maximum atomic E-state index is 13.3. The van der Waals surface area contributed by atoms with Crippen LogP contribution in [-0.4, -0.2) is 29.9 Å². The van der Waals surface area contributed by atoms with E-state index in [1.54, 1.807) is 6.07 Å². The van der Waals surface area contributed by atoms with E-state index in [-0.39, 0.29) is 11.9 Å². The second-order valence-electron chi connectivity index (χ2n) is 7.07. The minimum atomic E-state index is -0.818. The molecule has 0 atom stereocenters. The third-order valence-corrected chi connectivity index (χ3v) is 5.08. The van der Waals surface area contributed by atoms with E-state index in [2.05, 4.69) is 10.2 Å². The van der Waals surface area contributed by atoms with Crippen LogP contribution in [0, 0.1) is 25.5 Å². The molecule has 0 unspecified atom stereocenters. The van der Waals surface area contributed by atoms with Crippen molar-refractivity contribution in [1.29, 1.82) is 0 Å². The average Bonchev–Trinajstić information content (AvgIpc) is 2.62. The summed E-state index contributed by atoms with van der Waals surface area (Å²) < 4.78 is 26.3. The maximum absolute atomic E-state index is 13.3.